The highest BCUT2D eigenvalue weighted by atomic mass is 32.2. The van der Waals surface area contributed by atoms with Crippen LogP contribution < -0.4 is 14.8 Å². The van der Waals surface area contributed by atoms with Crippen LogP contribution in [0.2, 0.25) is 0 Å². The molecular weight excluding hydrogens is 412 g/mol. The number of fused-ring (bicyclic) bond motifs is 1. The lowest BCUT2D eigenvalue weighted by molar-refractivity contribution is -0.115. The number of aryl methyl sites for hydroxylation is 2. The Balaban J connectivity index is 1.96. The van der Waals surface area contributed by atoms with Crippen molar-refractivity contribution in [1.82, 2.24) is 4.98 Å². The smallest absolute Gasteiger partial charge is 0.241 e. The lowest BCUT2D eigenvalue weighted by Crippen LogP contribution is -2.24. The van der Waals surface area contributed by atoms with Gasteiger partial charge in [0.05, 0.1) is 25.2 Å². The molecule has 1 aliphatic rings. The van der Waals surface area contributed by atoms with E-state index in [1.807, 2.05) is 37.6 Å². The molecule has 28 heavy (non-hydrogen) atoms. The fourth-order valence-corrected chi connectivity index (χ4v) is 5.88. The third-order valence-electron chi connectivity index (χ3n) is 4.62. The summed E-state index contributed by atoms with van der Waals surface area (Å²) in [7, 11) is 3.25. The summed E-state index contributed by atoms with van der Waals surface area (Å²) in [5.41, 5.74) is 3.91. The summed E-state index contributed by atoms with van der Waals surface area (Å²) < 4.78 is 10.9. The quantitative estimate of drug-likeness (QED) is 0.511. The van der Waals surface area contributed by atoms with Crippen LogP contribution in [-0.4, -0.2) is 43.4 Å². The lowest BCUT2D eigenvalue weighted by Gasteiger charge is -2.27. The molecule has 2 aromatic rings. The first-order chi connectivity index (χ1) is 13.5. The SMILES string of the molecule is COc1cc2c(cc1OC)C(C(=O)Nc1c(SC)cc(C)nc1SC)[SH]CC2. The molecular formula is C20H25N2O3S3. The monoisotopic (exact) mass is 437 g/mol. The minimum atomic E-state index is -0.241. The van der Waals surface area contributed by atoms with Gasteiger partial charge >= 0.3 is 0 Å². The standard InChI is InChI=1S/C20H25N2O3S3/c1-11-8-16(26-4)17(20(21-11)27-5)22-19(23)18-13-10-15(25-3)14(24-2)9-12(13)6-7-28-18/h8-10,18,28H,6-7H2,1-5H3,(H,22,23). The van der Waals surface area contributed by atoms with Crippen molar-refractivity contribution in [3.05, 3.63) is 35.0 Å². The van der Waals surface area contributed by atoms with Gasteiger partial charge < -0.3 is 14.8 Å². The molecule has 1 aromatic heterocycles. The van der Waals surface area contributed by atoms with Gasteiger partial charge in [-0.15, -0.1) is 23.5 Å². The molecule has 0 spiro atoms. The summed E-state index contributed by atoms with van der Waals surface area (Å²) in [6, 6.07) is 5.96. The summed E-state index contributed by atoms with van der Waals surface area (Å²) in [5.74, 6) is 2.29. The van der Waals surface area contributed by atoms with E-state index in [2.05, 4.69) is 10.3 Å². The van der Waals surface area contributed by atoms with Crippen molar-refractivity contribution in [1.29, 1.82) is 0 Å². The highest BCUT2D eigenvalue weighted by Gasteiger charge is 2.29. The maximum absolute atomic E-state index is 13.3. The van der Waals surface area contributed by atoms with Gasteiger partial charge in [-0.2, -0.15) is 0 Å². The van der Waals surface area contributed by atoms with Crippen LogP contribution in [0, 0.1) is 6.92 Å². The van der Waals surface area contributed by atoms with E-state index in [-0.39, 0.29) is 11.2 Å². The van der Waals surface area contributed by atoms with E-state index >= 15 is 0 Å². The number of anilines is 1. The molecule has 0 fully saturated rings. The maximum Gasteiger partial charge on any atom is 0.241 e. The molecule has 0 saturated carbocycles. The van der Waals surface area contributed by atoms with Crippen LogP contribution in [0.25, 0.3) is 0 Å². The van der Waals surface area contributed by atoms with E-state index in [9.17, 15) is 4.79 Å². The molecule has 1 N–H and O–H groups in total. The molecule has 1 unspecified atom stereocenters. The van der Waals surface area contributed by atoms with Crippen molar-refractivity contribution in [3.63, 3.8) is 0 Å². The zero-order valence-electron chi connectivity index (χ0n) is 16.7. The Bertz CT molecular complexity index is 864. The molecule has 3 rings (SSSR count). The number of methoxy groups -OCH3 is 2. The Morgan fingerprint density at radius 1 is 1.18 bits per heavy atom. The number of benzene rings is 1. The Kier molecular flexibility index (Phi) is 7.06. The van der Waals surface area contributed by atoms with Gasteiger partial charge in [0.2, 0.25) is 5.91 Å². The largest absolute Gasteiger partial charge is 0.493 e. The second kappa shape index (κ2) is 9.33. The first-order valence-electron chi connectivity index (χ1n) is 8.84. The van der Waals surface area contributed by atoms with E-state index in [0.717, 1.165) is 56.4 Å². The van der Waals surface area contributed by atoms with Crippen LogP contribution in [0.15, 0.2) is 28.1 Å². The molecule has 1 aromatic carbocycles. The summed E-state index contributed by atoms with van der Waals surface area (Å²) in [4.78, 5) is 18.9. The van der Waals surface area contributed by atoms with Gasteiger partial charge in [-0.05, 0) is 60.9 Å². The van der Waals surface area contributed by atoms with Crippen molar-refractivity contribution in [2.75, 3.05) is 37.8 Å². The number of pyridine rings is 1. The average Bonchev–Trinajstić information content (AvgIpc) is 2.72. The first-order valence-corrected chi connectivity index (χ1v) is 12.4. The van der Waals surface area contributed by atoms with E-state index in [1.165, 1.54) is 0 Å². The van der Waals surface area contributed by atoms with E-state index < -0.39 is 0 Å². The zero-order chi connectivity index (χ0) is 20.3. The fourth-order valence-electron chi connectivity index (χ4n) is 3.28. The Morgan fingerprint density at radius 3 is 2.54 bits per heavy atom. The number of thiol groups is 1. The number of carbonyl (C=O) groups is 1. The minimum Gasteiger partial charge on any atom is -0.493 e. The number of nitrogens with zero attached hydrogens (tertiary/aromatic N) is 1. The van der Waals surface area contributed by atoms with Crippen LogP contribution in [0.4, 0.5) is 5.69 Å². The summed E-state index contributed by atoms with van der Waals surface area (Å²) >= 11 is 4.26. The molecule has 151 valence electrons. The number of hydrogen-bond donors (Lipinski definition) is 2. The average molecular weight is 438 g/mol. The number of rotatable bonds is 6. The molecule has 1 aliphatic heterocycles. The van der Waals surface area contributed by atoms with Crippen LogP contribution in [0.1, 0.15) is 22.1 Å². The van der Waals surface area contributed by atoms with Gasteiger partial charge in [0, 0.05) is 10.6 Å². The van der Waals surface area contributed by atoms with E-state index in [1.54, 1.807) is 37.7 Å². The van der Waals surface area contributed by atoms with E-state index in [0.29, 0.717) is 11.5 Å². The fraction of sp³-hybridized carbons (Fsp3) is 0.400. The number of ether oxygens (including phenoxy) is 2. The van der Waals surface area contributed by atoms with E-state index in [4.69, 9.17) is 9.47 Å². The number of carbonyl (C=O) groups excluding carboxylic acids is 1. The Morgan fingerprint density at radius 2 is 1.89 bits per heavy atom. The molecule has 0 saturated heterocycles. The number of amides is 1. The summed E-state index contributed by atoms with van der Waals surface area (Å²) in [5, 5.41) is 3.77. The van der Waals surface area contributed by atoms with Crippen molar-refractivity contribution < 1.29 is 14.3 Å². The van der Waals surface area contributed by atoms with Gasteiger partial charge in [-0.25, -0.2) is 16.7 Å². The third-order valence-corrected chi connectivity index (χ3v) is 7.42. The number of nitrogens with one attached hydrogen (secondary N) is 1. The van der Waals surface area contributed by atoms with Gasteiger partial charge in [-0.1, -0.05) is 0 Å². The van der Waals surface area contributed by atoms with Gasteiger partial charge in [0.15, 0.2) is 11.5 Å². The Hall–Kier alpha value is -1.51. The van der Waals surface area contributed by atoms with Crippen LogP contribution in [0.3, 0.4) is 0 Å². The first kappa shape index (κ1) is 21.2. The predicted octanol–water partition coefficient (Wildman–Crippen LogP) is 4.55. The van der Waals surface area contributed by atoms with Crippen molar-refractivity contribution >= 4 is 46.9 Å². The highest BCUT2D eigenvalue weighted by Crippen LogP contribution is 2.43. The highest BCUT2D eigenvalue weighted by molar-refractivity contribution is 8.00. The van der Waals surface area contributed by atoms with Crippen LogP contribution in [0.5, 0.6) is 11.5 Å². The number of aromatic nitrogens is 1. The molecule has 1 radical (unpaired) electrons. The maximum atomic E-state index is 13.3. The molecule has 0 aliphatic carbocycles. The molecule has 5 nitrogen and oxygen atoms in total. The van der Waals surface area contributed by atoms with Crippen molar-refractivity contribution in [2.24, 2.45) is 0 Å². The van der Waals surface area contributed by atoms with Gasteiger partial charge in [0.25, 0.3) is 0 Å². The van der Waals surface area contributed by atoms with Crippen LogP contribution in [-0.2, 0) is 11.2 Å². The molecule has 0 bridgehead atoms. The second-order valence-corrected chi connectivity index (χ2v) is 9.28. The van der Waals surface area contributed by atoms with Crippen molar-refractivity contribution in [3.8, 4) is 11.5 Å². The van der Waals surface area contributed by atoms with Gasteiger partial charge in [0.1, 0.15) is 5.03 Å². The zero-order valence-corrected chi connectivity index (χ0v) is 19.2. The van der Waals surface area contributed by atoms with Crippen LogP contribution >= 0.6 is 35.3 Å². The topological polar surface area (TPSA) is 60.5 Å². The number of thioether (sulfide) groups is 2. The minimum absolute atomic E-state index is 0.00825. The van der Waals surface area contributed by atoms with Gasteiger partial charge in [-0.3, -0.25) is 4.79 Å². The van der Waals surface area contributed by atoms with Crippen molar-refractivity contribution in [2.45, 2.75) is 28.5 Å². The lowest BCUT2D eigenvalue weighted by atomic mass is 9.99. The molecule has 1 amide bonds. The third kappa shape index (κ3) is 4.23. The summed E-state index contributed by atoms with van der Waals surface area (Å²) in [6.45, 7) is 1.97. The predicted molar refractivity (Wildman–Crippen MR) is 121 cm³/mol. The normalized spacial score (nSPS) is 15.7. The second-order valence-electron chi connectivity index (χ2n) is 6.30. The Labute approximate surface area is 178 Å². The summed E-state index contributed by atoms with van der Waals surface area (Å²) in [6.07, 6.45) is 4.92. The molecule has 1 atom stereocenters. The number of hydrogen-bond acceptors (Lipinski definition) is 6. The molecule has 2 heterocycles. The molecule has 8 heteroatoms.